The summed E-state index contributed by atoms with van der Waals surface area (Å²) in [7, 11) is 4.15. The first-order valence-electron chi connectivity index (χ1n) is 7.35. The molecule has 0 bridgehead atoms. The van der Waals surface area contributed by atoms with Gasteiger partial charge in [0.05, 0.1) is 0 Å². The highest BCUT2D eigenvalue weighted by atomic mass is 15.2. The molecule has 0 saturated heterocycles. The third kappa shape index (κ3) is 3.48. The molecule has 0 heterocycles. The molecule has 0 spiro atoms. The Morgan fingerprint density at radius 1 is 1.32 bits per heavy atom. The van der Waals surface area contributed by atoms with Gasteiger partial charge in [-0.3, -0.25) is 11.3 Å². The zero-order valence-corrected chi connectivity index (χ0v) is 12.4. The van der Waals surface area contributed by atoms with E-state index in [9.17, 15) is 0 Å². The third-order valence-corrected chi connectivity index (χ3v) is 4.37. The lowest BCUT2D eigenvalue weighted by Crippen LogP contribution is -2.35. The van der Waals surface area contributed by atoms with E-state index in [-0.39, 0.29) is 6.04 Å². The summed E-state index contributed by atoms with van der Waals surface area (Å²) in [6.45, 7) is 2.36. The van der Waals surface area contributed by atoms with Gasteiger partial charge < -0.3 is 4.90 Å². The monoisotopic (exact) mass is 261 g/mol. The lowest BCUT2D eigenvalue weighted by molar-refractivity contribution is 0.224. The topological polar surface area (TPSA) is 41.3 Å². The normalized spacial score (nSPS) is 25.1. The second kappa shape index (κ2) is 6.40. The summed E-state index contributed by atoms with van der Waals surface area (Å²) in [4.78, 5) is 2.14. The Hall–Kier alpha value is -1.06. The summed E-state index contributed by atoms with van der Waals surface area (Å²) in [6, 6.07) is 8.99. The lowest BCUT2D eigenvalue weighted by Gasteiger charge is -2.33. The third-order valence-electron chi connectivity index (χ3n) is 4.37. The maximum absolute atomic E-state index is 5.84. The molecule has 106 valence electrons. The highest BCUT2D eigenvalue weighted by molar-refractivity contribution is 5.47. The van der Waals surface area contributed by atoms with Gasteiger partial charge in [0, 0.05) is 25.8 Å². The Labute approximate surface area is 117 Å². The fourth-order valence-corrected chi connectivity index (χ4v) is 3.28. The molecule has 3 N–H and O–H groups in total. The van der Waals surface area contributed by atoms with Crippen LogP contribution < -0.4 is 16.2 Å². The largest absolute Gasteiger partial charge is 0.378 e. The molecule has 0 aromatic heterocycles. The van der Waals surface area contributed by atoms with Gasteiger partial charge in [0.2, 0.25) is 0 Å². The summed E-state index contributed by atoms with van der Waals surface area (Å²) in [5.41, 5.74) is 5.61. The molecular formula is C16H27N3. The minimum absolute atomic E-state index is 0.280. The predicted molar refractivity (Wildman–Crippen MR) is 82.0 cm³/mol. The van der Waals surface area contributed by atoms with Crippen molar-refractivity contribution in [1.29, 1.82) is 0 Å². The maximum Gasteiger partial charge on any atom is 0.0489 e. The fraction of sp³-hybridized carbons (Fsp3) is 0.625. The molecule has 1 aliphatic carbocycles. The quantitative estimate of drug-likeness (QED) is 0.646. The Morgan fingerprint density at radius 2 is 2.11 bits per heavy atom. The number of nitrogens with one attached hydrogen (secondary N) is 1. The van der Waals surface area contributed by atoms with E-state index in [1.54, 1.807) is 0 Å². The van der Waals surface area contributed by atoms with Crippen molar-refractivity contribution in [3.8, 4) is 0 Å². The number of anilines is 1. The number of rotatable bonds is 4. The molecule has 2 rings (SSSR count). The second-order valence-corrected chi connectivity index (χ2v) is 6.17. The molecule has 1 fully saturated rings. The Balaban J connectivity index is 2.18. The van der Waals surface area contributed by atoms with Crippen molar-refractivity contribution in [1.82, 2.24) is 5.43 Å². The summed E-state index contributed by atoms with van der Waals surface area (Å²) >= 11 is 0. The van der Waals surface area contributed by atoms with Crippen LogP contribution in [0, 0.1) is 11.8 Å². The molecule has 3 atom stereocenters. The number of hydrazine groups is 1. The zero-order valence-electron chi connectivity index (χ0n) is 12.4. The van der Waals surface area contributed by atoms with Crippen LogP contribution in [0.1, 0.15) is 44.2 Å². The van der Waals surface area contributed by atoms with Crippen molar-refractivity contribution < 1.29 is 0 Å². The summed E-state index contributed by atoms with van der Waals surface area (Å²) in [6.07, 6.45) is 5.26. The van der Waals surface area contributed by atoms with Gasteiger partial charge in [-0.05, 0) is 42.4 Å². The van der Waals surface area contributed by atoms with Crippen LogP contribution in [-0.2, 0) is 0 Å². The molecule has 1 aromatic carbocycles. The van der Waals surface area contributed by atoms with E-state index in [1.807, 2.05) is 0 Å². The van der Waals surface area contributed by atoms with Crippen LogP contribution in [0.25, 0.3) is 0 Å². The molecule has 1 aliphatic rings. The number of hydrogen-bond donors (Lipinski definition) is 2. The number of nitrogens with zero attached hydrogens (tertiary/aromatic N) is 1. The van der Waals surface area contributed by atoms with E-state index in [0.717, 1.165) is 5.92 Å². The van der Waals surface area contributed by atoms with Gasteiger partial charge in [-0.15, -0.1) is 0 Å². The van der Waals surface area contributed by atoms with Crippen LogP contribution in [0.5, 0.6) is 0 Å². The van der Waals surface area contributed by atoms with Crippen LogP contribution in [0.15, 0.2) is 24.3 Å². The summed E-state index contributed by atoms with van der Waals surface area (Å²) in [5, 5.41) is 0. The maximum atomic E-state index is 5.84. The minimum atomic E-state index is 0.280. The molecule has 3 heteroatoms. The highest BCUT2D eigenvalue weighted by Crippen LogP contribution is 2.37. The summed E-state index contributed by atoms with van der Waals surface area (Å²) in [5.74, 6) is 7.33. The van der Waals surface area contributed by atoms with E-state index >= 15 is 0 Å². The number of nitrogens with two attached hydrogens (primary N) is 1. The van der Waals surface area contributed by atoms with Crippen LogP contribution in [0.3, 0.4) is 0 Å². The standard InChI is InChI=1S/C16H27N3/c1-12-6-4-7-13(10-12)16(18-17)14-8-5-9-15(11-14)19(2)3/h5,8-9,11-13,16,18H,4,6-7,10,17H2,1-3H3. The average Bonchev–Trinajstić information content (AvgIpc) is 2.40. The molecule has 1 saturated carbocycles. The van der Waals surface area contributed by atoms with E-state index < -0.39 is 0 Å². The van der Waals surface area contributed by atoms with Crippen molar-refractivity contribution in [3.05, 3.63) is 29.8 Å². The van der Waals surface area contributed by atoms with Crippen LogP contribution in [0.4, 0.5) is 5.69 Å². The van der Waals surface area contributed by atoms with E-state index in [2.05, 4.69) is 55.6 Å². The zero-order chi connectivity index (χ0) is 13.8. The Morgan fingerprint density at radius 3 is 2.74 bits per heavy atom. The van der Waals surface area contributed by atoms with Crippen molar-refractivity contribution >= 4 is 5.69 Å². The molecule has 3 nitrogen and oxygen atoms in total. The number of benzene rings is 1. The van der Waals surface area contributed by atoms with Crippen LogP contribution >= 0.6 is 0 Å². The van der Waals surface area contributed by atoms with Gasteiger partial charge in [-0.2, -0.15) is 0 Å². The minimum Gasteiger partial charge on any atom is -0.378 e. The smallest absolute Gasteiger partial charge is 0.0489 e. The lowest BCUT2D eigenvalue weighted by atomic mass is 9.77. The first-order valence-corrected chi connectivity index (χ1v) is 7.35. The van der Waals surface area contributed by atoms with E-state index in [4.69, 9.17) is 5.84 Å². The average molecular weight is 261 g/mol. The molecule has 0 aliphatic heterocycles. The Bertz CT molecular complexity index is 403. The first-order chi connectivity index (χ1) is 9.11. The van der Waals surface area contributed by atoms with E-state index in [0.29, 0.717) is 5.92 Å². The number of hydrogen-bond acceptors (Lipinski definition) is 3. The molecule has 0 amide bonds. The summed E-state index contributed by atoms with van der Waals surface area (Å²) < 4.78 is 0. The van der Waals surface area contributed by atoms with Crippen molar-refractivity contribution in [2.24, 2.45) is 17.7 Å². The van der Waals surface area contributed by atoms with Gasteiger partial charge in [-0.1, -0.05) is 31.9 Å². The molecule has 1 aromatic rings. The predicted octanol–water partition coefficient (Wildman–Crippen LogP) is 3.08. The fourth-order valence-electron chi connectivity index (χ4n) is 3.28. The van der Waals surface area contributed by atoms with Gasteiger partial charge >= 0.3 is 0 Å². The van der Waals surface area contributed by atoms with Crippen LogP contribution in [-0.4, -0.2) is 14.1 Å². The van der Waals surface area contributed by atoms with Crippen LogP contribution in [0.2, 0.25) is 0 Å². The SMILES string of the molecule is CC1CCCC(C(NN)c2cccc(N(C)C)c2)C1. The van der Waals surface area contributed by atoms with Crippen molar-refractivity contribution in [2.45, 2.75) is 38.6 Å². The molecular weight excluding hydrogens is 234 g/mol. The molecule has 0 radical (unpaired) electrons. The highest BCUT2D eigenvalue weighted by Gasteiger charge is 2.27. The van der Waals surface area contributed by atoms with Gasteiger partial charge in [0.25, 0.3) is 0 Å². The first kappa shape index (κ1) is 14.4. The second-order valence-electron chi connectivity index (χ2n) is 6.17. The van der Waals surface area contributed by atoms with Gasteiger partial charge in [0.1, 0.15) is 0 Å². The Kier molecular flexibility index (Phi) is 4.83. The van der Waals surface area contributed by atoms with Gasteiger partial charge in [0.15, 0.2) is 0 Å². The van der Waals surface area contributed by atoms with Crippen molar-refractivity contribution in [3.63, 3.8) is 0 Å². The van der Waals surface area contributed by atoms with Crippen molar-refractivity contribution in [2.75, 3.05) is 19.0 Å². The van der Waals surface area contributed by atoms with E-state index in [1.165, 1.54) is 36.9 Å². The van der Waals surface area contributed by atoms with Gasteiger partial charge in [-0.25, -0.2) is 0 Å². The molecule has 3 unspecified atom stereocenters. The molecule has 19 heavy (non-hydrogen) atoms.